The summed E-state index contributed by atoms with van der Waals surface area (Å²) in [5.74, 6) is -0.526. The van der Waals surface area contributed by atoms with Gasteiger partial charge in [0.15, 0.2) is 0 Å². The van der Waals surface area contributed by atoms with E-state index in [0.29, 0.717) is 12.2 Å². The molecule has 26 heavy (non-hydrogen) atoms. The van der Waals surface area contributed by atoms with Gasteiger partial charge in [0.05, 0.1) is 19.3 Å². The lowest BCUT2D eigenvalue weighted by atomic mass is 10.1. The molecular formula is C21H26N2O3. The molecule has 5 heteroatoms. The molecule has 0 radical (unpaired) electrons. The number of hydrogen-bond acceptors (Lipinski definition) is 3. The fourth-order valence-corrected chi connectivity index (χ4v) is 2.42. The van der Waals surface area contributed by atoms with Gasteiger partial charge in [0.1, 0.15) is 0 Å². The number of rotatable bonds is 8. The van der Waals surface area contributed by atoms with E-state index >= 15 is 0 Å². The first-order valence-electron chi connectivity index (χ1n) is 8.86. The number of amides is 2. The van der Waals surface area contributed by atoms with Crippen molar-refractivity contribution in [3.63, 3.8) is 0 Å². The van der Waals surface area contributed by atoms with E-state index in [9.17, 15) is 9.59 Å². The number of anilines is 1. The van der Waals surface area contributed by atoms with Crippen molar-refractivity contribution in [3.05, 3.63) is 65.2 Å². The number of hydrogen-bond donors (Lipinski definition) is 2. The lowest BCUT2D eigenvalue weighted by Crippen LogP contribution is -2.33. The number of carbonyl (C=O) groups excluding carboxylic acids is 2. The van der Waals surface area contributed by atoms with Gasteiger partial charge in [-0.3, -0.25) is 9.59 Å². The molecule has 0 aliphatic carbocycles. The molecule has 138 valence electrons. The van der Waals surface area contributed by atoms with Gasteiger partial charge >= 0.3 is 0 Å². The molecule has 0 heterocycles. The van der Waals surface area contributed by atoms with E-state index in [4.69, 9.17) is 4.74 Å². The molecule has 2 amide bonds. The van der Waals surface area contributed by atoms with Crippen molar-refractivity contribution in [1.29, 1.82) is 0 Å². The summed E-state index contributed by atoms with van der Waals surface area (Å²) in [7, 11) is 0. The van der Waals surface area contributed by atoms with Gasteiger partial charge in [-0.05, 0) is 49.6 Å². The highest BCUT2D eigenvalue weighted by Crippen LogP contribution is 2.15. The Morgan fingerprint density at radius 2 is 1.73 bits per heavy atom. The van der Waals surface area contributed by atoms with Gasteiger partial charge in [0.2, 0.25) is 5.91 Å². The van der Waals surface area contributed by atoms with E-state index in [-0.39, 0.29) is 24.5 Å². The Morgan fingerprint density at radius 1 is 1.04 bits per heavy atom. The quantitative estimate of drug-likeness (QED) is 0.762. The zero-order valence-electron chi connectivity index (χ0n) is 15.5. The van der Waals surface area contributed by atoms with Crippen LogP contribution in [0.5, 0.6) is 0 Å². The lowest BCUT2D eigenvalue weighted by Gasteiger charge is -2.11. The molecular weight excluding hydrogens is 328 g/mol. The van der Waals surface area contributed by atoms with Crippen LogP contribution in [0.15, 0.2) is 48.5 Å². The molecule has 0 saturated carbocycles. The summed E-state index contributed by atoms with van der Waals surface area (Å²) >= 11 is 0. The number of ether oxygens (including phenoxy) is 1. The van der Waals surface area contributed by atoms with Crippen molar-refractivity contribution in [2.75, 3.05) is 11.9 Å². The summed E-state index contributed by atoms with van der Waals surface area (Å²) in [6, 6.07) is 14.8. The Labute approximate surface area is 154 Å². The van der Waals surface area contributed by atoms with Gasteiger partial charge < -0.3 is 15.4 Å². The van der Waals surface area contributed by atoms with E-state index in [1.807, 2.05) is 57.2 Å². The topological polar surface area (TPSA) is 67.4 Å². The molecule has 2 N–H and O–H groups in total. The van der Waals surface area contributed by atoms with Crippen LogP contribution in [0.3, 0.4) is 0 Å². The fourth-order valence-electron chi connectivity index (χ4n) is 2.42. The SMILES string of the molecule is CCc1ccccc1NC(=O)CNC(=O)c1ccc(COC(C)C)cc1. The van der Waals surface area contributed by atoms with Crippen LogP contribution in [0.25, 0.3) is 0 Å². The smallest absolute Gasteiger partial charge is 0.251 e. The van der Waals surface area contributed by atoms with Crippen molar-refractivity contribution in [2.24, 2.45) is 0 Å². The summed E-state index contributed by atoms with van der Waals surface area (Å²) < 4.78 is 5.53. The van der Waals surface area contributed by atoms with Crippen molar-refractivity contribution in [2.45, 2.75) is 39.9 Å². The summed E-state index contributed by atoms with van der Waals surface area (Å²) in [4.78, 5) is 24.3. The van der Waals surface area contributed by atoms with E-state index in [2.05, 4.69) is 10.6 Å². The Hall–Kier alpha value is -2.66. The molecule has 2 aromatic carbocycles. The van der Waals surface area contributed by atoms with Crippen molar-refractivity contribution < 1.29 is 14.3 Å². The minimum absolute atomic E-state index is 0.0743. The van der Waals surface area contributed by atoms with Crippen molar-refractivity contribution in [3.8, 4) is 0 Å². The third kappa shape index (κ3) is 6.01. The zero-order chi connectivity index (χ0) is 18.9. The highest BCUT2D eigenvalue weighted by Gasteiger charge is 2.10. The highest BCUT2D eigenvalue weighted by molar-refractivity contribution is 5.99. The normalized spacial score (nSPS) is 10.6. The van der Waals surface area contributed by atoms with Crippen LogP contribution >= 0.6 is 0 Å². The standard InChI is InChI=1S/C21H26N2O3/c1-4-17-7-5-6-8-19(17)23-20(24)13-22-21(25)18-11-9-16(10-12-18)14-26-15(2)3/h5-12,15H,4,13-14H2,1-3H3,(H,22,25)(H,23,24). The maximum absolute atomic E-state index is 12.2. The molecule has 0 aromatic heterocycles. The molecule has 0 aliphatic rings. The Bertz CT molecular complexity index is 739. The third-order valence-electron chi connectivity index (χ3n) is 3.88. The maximum atomic E-state index is 12.2. The summed E-state index contributed by atoms with van der Waals surface area (Å²) in [6.45, 7) is 6.42. The van der Waals surface area contributed by atoms with Crippen LogP contribution in [0.2, 0.25) is 0 Å². The minimum Gasteiger partial charge on any atom is -0.374 e. The highest BCUT2D eigenvalue weighted by atomic mass is 16.5. The number of nitrogens with one attached hydrogen (secondary N) is 2. The molecule has 0 unspecified atom stereocenters. The third-order valence-corrected chi connectivity index (χ3v) is 3.88. The van der Waals surface area contributed by atoms with Crippen LogP contribution in [0.1, 0.15) is 42.3 Å². The largest absolute Gasteiger partial charge is 0.374 e. The van der Waals surface area contributed by atoms with Gasteiger partial charge in [-0.25, -0.2) is 0 Å². The summed E-state index contributed by atoms with van der Waals surface area (Å²) in [5, 5.41) is 5.48. The Morgan fingerprint density at radius 3 is 2.38 bits per heavy atom. The number of carbonyl (C=O) groups is 2. The zero-order valence-corrected chi connectivity index (χ0v) is 15.5. The predicted molar refractivity (Wildman–Crippen MR) is 103 cm³/mol. The molecule has 0 spiro atoms. The molecule has 0 saturated heterocycles. The van der Waals surface area contributed by atoms with E-state index in [0.717, 1.165) is 23.2 Å². The molecule has 0 atom stereocenters. The second kappa shape index (κ2) is 9.73. The van der Waals surface area contributed by atoms with Crippen LogP contribution in [-0.4, -0.2) is 24.5 Å². The fraction of sp³-hybridized carbons (Fsp3) is 0.333. The molecule has 2 aromatic rings. The van der Waals surface area contributed by atoms with Gasteiger partial charge in [0, 0.05) is 11.3 Å². The molecule has 2 rings (SSSR count). The first-order chi connectivity index (χ1) is 12.5. The van der Waals surface area contributed by atoms with E-state index in [1.54, 1.807) is 12.1 Å². The van der Waals surface area contributed by atoms with Gasteiger partial charge in [0.25, 0.3) is 5.91 Å². The summed E-state index contributed by atoms with van der Waals surface area (Å²) in [6.07, 6.45) is 0.990. The second-order valence-electron chi connectivity index (χ2n) is 6.30. The summed E-state index contributed by atoms with van der Waals surface area (Å²) in [5.41, 5.74) is 3.36. The van der Waals surface area contributed by atoms with Crippen LogP contribution < -0.4 is 10.6 Å². The number of para-hydroxylation sites is 1. The van der Waals surface area contributed by atoms with Crippen LogP contribution in [0, 0.1) is 0 Å². The molecule has 5 nitrogen and oxygen atoms in total. The van der Waals surface area contributed by atoms with Gasteiger partial charge in [-0.1, -0.05) is 37.3 Å². The molecule has 0 fully saturated rings. The van der Waals surface area contributed by atoms with Crippen LogP contribution in [0.4, 0.5) is 5.69 Å². The van der Waals surface area contributed by atoms with Gasteiger partial charge in [-0.15, -0.1) is 0 Å². The van der Waals surface area contributed by atoms with Crippen molar-refractivity contribution >= 4 is 17.5 Å². The lowest BCUT2D eigenvalue weighted by molar-refractivity contribution is -0.115. The first kappa shape index (κ1) is 19.7. The van der Waals surface area contributed by atoms with E-state index < -0.39 is 0 Å². The minimum atomic E-state index is -0.278. The number of benzene rings is 2. The Kier molecular flexibility index (Phi) is 7.36. The first-order valence-corrected chi connectivity index (χ1v) is 8.86. The average Bonchev–Trinajstić information content (AvgIpc) is 2.65. The predicted octanol–water partition coefficient (Wildman–Crippen LogP) is 3.54. The van der Waals surface area contributed by atoms with Crippen molar-refractivity contribution in [1.82, 2.24) is 5.32 Å². The van der Waals surface area contributed by atoms with E-state index in [1.165, 1.54) is 0 Å². The second-order valence-corrected chi connectivity index (χ2v) is 6.30. The molecule has 0 bridgehead atoms. The monoisotopic (exact) mass is 354 g/mol. The maximum Gasteiger partial charge on any atom is 0.251 e. The Balaban J connectivity index is 1.85. The average molecular weight is 354 g/mol. The number of aryl methyl sites for hydroxylation is 1. The van der Waals surface area contributed by atoms with Gasteiger partial charge in [-0.2, -0.15) is 0 Å². The van der Waals surface area contributed by atoms with Crippen LogP contribution in [-0.2, 0) is 22.6 Å². The molecule has 0 aliphatic heterocycles.